The van der Waals surface area contributed by atoms with Crippen molar-refractivity contribution in [2.24, 2.45) is 11.7 Å². The number of guanidine groups is 1. The Morgan fingerprint density at radius 1 is 1.53 bits per heavy atom. The van der Waals surface area contributed by atoms with E-state index >= 15 is 0 Å². The van der Waals surface area contributed by atoms with Gasteiger partial charge in [0.05, 0.1) is 10.7 Å². The predicted octanol–water partition coefficient (Wildman–Crippen LogP) is 2.71. The molecule has 19 heavy (non-hydrogen) atoms. The second-order valence-corrected chi connectivity index (χ2v) is 5.11. The molecule has 6 heteroatoms. The summed E-state index contributed by atoms with van der Waals surface area (Å²) in [5, 5.41) is 10.7. The molecule has 0 aliphatic rings. The van der Waals surface area contributed by atoms with Gasteiger partial charge in [0, 0.05) is 6.54 Å². The van der Waals surface area contributed by atoms with Crippen LogP contribution < -0.4 is 16.0 Å². The molecule has 5 nitrogen and oxygen atoms in total. The van der Waals surface area contributed by atoms with Gasteiger partial charge in [0.2, 0.25) is 5.96 Å². The zero-order valence-corrected chi connectivity index (χ0v) is 12.1. The maximum Gasteiger partial charge on any atom is 0.328 e. The number of amides is 2. The lowest BCUT2D eigenvalue weighted by atomic mass is 10.2. The molecule has 0 heterocycles. The number of hydrogen-bond donors (Lipinski definition) is 3. The normalized spacial score (nSPS) is 10.4. The van der Waals surface area contributed by atoms with E-state index < -0.39 is 6.03 Å². The van der Waals surface area contributed by atoms with Crippen molar-refractivity contribution in [1.29, 1.82) is 5.41 Å². The van der Waals surface area contributed by atoms with E-state index in [1.807, 2.05) is 26.8 Å². The van der Waals surface area contributed by atoms with Crippen molar-refractivity contribution in [2.45, 2.75) is 20.8 Å². The molecule has 0 aromatic heterocycles. The third kappa shape index (κ3) is 3.86. The Labute approximate surface area is 118 Å². The first-order valence-corrected chi connectivity index (χ1v) is 6.39. The van der Waals surface area contributed by atoms with Gasteiger partial charge in [0.15, 0.2) is 0 Å². The van der Waals surface area contributed by atoms with E-state index in [9.17, 15) is 4.79 Å². The smallest absolute Gasteiger partial charge is 0.328 e. The minimum atomic E-state index is -0.447. The van der Waals surface area contributed by atoms with Crippen LogP contribution in [0, 0.1) is 18.3 Å². The van der Waals surface area contributed by atoms with Gasteiger partial charge in [-0.25, -0.2) is 9.69 Å². The number of urea groups is 1. The average Bonchev–Trinajstić information content (AvgIpc) is 2.30. The van der Waals surface area contributed by atoms with Crippen LogP contribution in [-0.2, 0) is 0 Å². The number of rotatable bonds is 3. The monoisotopic (exact) mass is 282 g/mol. The second kappa shape index (κ2) is 6.43. The first-order chi connectivity index (χ1) is 8.84. The zero-order chi connectivity index (χ0) is 14.6. The number of carbonyl (C=O) groups is 1. The number of anilines is 1. The van der Waals surface area contributed by atoms with Crippen LogP contribution in [0.4, 0.5) is 10.5 Å². The fraction of sp³-hybridized carbons (Fsp3) is 0.385. The molecule has 1 aromatic rings. The fourth-order valence-corrected chi connectivity index (χ4v) is 1.91. The van der Waals surface area contributed by atoms with Gasteiger partial charge in [-0.05, 0) is 24.5 Å². The van der Waals surface area contributed by atoms with E-state index in [0.29, 0.717) is 23.2 Å². The molecule has 0 unspecified atom stereocenters. The van der Waals surface area contributed by atoms with Gasteiger partial charge < -0.3 is 11.1 Å². The Balaban J connectivity index is 3.08. The Kier molecular flexibility index (Phi) is 5.18. The molecule has 0 radical (unpaired) electrons. The number of benzene rings is 1. The number of carbonyl (C=O) groups excluding carboxylic acids is 1. The third-order valence-electron chi connectivity index (χ3n) is 2.52. The Hall–Kier alpha value is -1.75. The van der Waals surface area contributed by atoms with Gasteiger partial charge in [-0.3, -0.25) is 5.41 Å². The molecule has 0 spiro atoms. The molecule has 1 aromatic carbocycles. The number of nitrogens with one attached hydrogen (secondary N) is 2. The number of para-hydroxylation sites is 1. The lowest BCUT2D eigenvalue weighted by Crippen LogP contribution is -2.48. The van der Waals surface area contributed by atoms with Gasteiger partial charge in [-0.2, -0.15) is 0 Å². The highest BCUT2D eigenvalue weighted by molar-refractivity contribution is 6.35. The zero-order valence-electron chi connectivity index (χ0n) is 11.3. The summed E-state index contributed by atoms with van der Waals surface area (Å²) in [6, 6.07) is 4.81. The molecule has 0 atom stereocenters. The minimum Gasteiger partial charge on any atom is -0.369 e. The lowest BCUT2D eigenvalue weighted by Gasteiger charge is -2.24. The summed E-state index contributed by atoms with van der Waals surface area (Å²) < 4.78 is 0. The molecule has 4 N–H and O–H groups in total. The molecule has 0 saturated heterocycles. The summed E-state index contributed by atoms with van der Waals surface area (Å²) in [7, 11) is 0. The molecule has 0 aliphatic heterocycles. The van der Waals surface area contributed by atoms with Gasteiger partial charge in [-0.15, -0.1) is 0 Å². The SMILES string of the molecule is Cc1cccc(Cl)c1N(C(=N)N)C(=O)NCC(C)C. The largest absolute Gasteiger partial charge is 0.369 e. The van der Waals surface area contributed by atoms with Crippen LogP contribution in [0.15, 0.2) is 18.2 Å². The van der Waals surface area contributed by atoms with Crippen molar-refractivity contribution in [1.82, 2.24) is 5.32 Å². The highest BCUT2D eigenvalue weighted by atomic mass is 35.5. The van der Waals surface area contributed by atoms with E-state index in [-0.39, 0.29) is 5.96 Å². The Bertz CT molecular complexity index is 467. The number of aryl methyl sites for hydroxylation is 1. The highest BCUT2D eigenvalue weighted by Gasteiger charge is 2.22. The molecule has 2 amide bonds. The number of nitrogens with zero attached hydrogens (tertiary/aromatic N) is 1. The van der Waals surface area contributed by atoms with Crippen molar-refractivity contribution in [3.8, 4) is 0 Å². The van der Waals surface area contributed by atoms with E-state index in [1.54, 1.807) is 12.1 Å². The predicted molar refractivity (Wildman–Crippen MR) is 78.8 cm³/mol. The van der Waals surface area contributed by atoms with Crippen LogP contribution in [0.25, 0.3) is 0 Å². The van der Waals surface area contributed by atoms with Gasteiger partial charge >= 0.3 is 6.03 Å². The standard InChI is InChI=1S/C13H19ClN4O/c1-8(2)7-17-13(19)18(12(15)16)11-9(3)5-4-6-10(11)14/h4-6,8H,7H2,1-3H3,(H3,15,16)(H,17,19). The summed E-state index contributed by atoms with van der Waals surface area (Å²) in [5.74, 6) is -0.0532. The van der Waals surface area contributed by atoms with E-state index in [2.05, 4.69) is 5.32 Å². The van der Waals surface area contributed by atoms with Crippen LogP contribution in [-0.4, -0.2) is 18.5 Å². The number of halogens is 1. The van der Waals surface area contributed by atoms with Crippen LogP contribution in [0.3, 0.4) is 0 Å². The molecule has 0 aliphatic carbocycles. The van der Waals surface area contributed by atoms with E-state index in [0.717, 1.165) is 10.5 Å². The molecular formula is C13H19ClN4O. The van der Waals surface area contributed by atoms with Gasteiger partial charge in [0.1, 0.15) is 0 Å². The maximum atomic E-state index is 12.1. The first-order valence-electron chi connectivity index (χ1n) is 6.01. The van der Waals surface area contributed by atoms with Gasteiger partial charge in [-0.1, -0.05) is 37.6 Å². The van der Waals surface area contributed by atoms with Crippen molar-refractivity contribution in [2.75, 3.05) is 11.4 Å². The maximum absolute atomic E-state index is 12.1. The topological polar surface area (TPSA) is 82.2 Å². The highest BCUT2D eigenvalue weighted by Crippen LogP contribution is 2.29. The Morgan fingerprint density at radius 3 is 2.63 bits per heavy atom. The van der Waals surface area contributed by atoms with Crippen molar-refractivity contribution < 1.29 is 4.79 Å². The summed E-state index contributed by atoms with van der Waals surface area (Å²) in [6.45, 7) is 6.29. The van der Waals surface area contributed by atoms with Crippen LogP contribution in [0.1, 0.15) is 19.4 Å². The summed E-state index contributed by atoms with van der Waals surface area (Å²) in [6.07, 6.45) is 0. The molecule has 1 rings (SSSR count). The van der Waals surface area contributed by atoms with Crippen LogP contribution >= 0.6 is 11.6 Å². The summed E-state index contributed by atoms with van der Waals surface area (Å²) in [5.41, 5.74) is 6.73. The summed E-state index contributed by atoms with van der Waals surface area (Å²) in [4.78, 5) is 13.2. The first kappa shape index (κ1) is 15.3. The van der Waals surface area contributed by atoms with Crippen molar-refractivity contribution in [3.63, 3.8) is 0 Å². The molecule has 0 saturated carbocycles. The molecular weight excluding hydrogens is 264 g/mol. The van der Waals surface area contributed by atoms with Crippen molar-refractivity contribution >= 4 is 29.3 Å². The van der Waals surface area contributed by atoms with Crippen LogP contribution in [0.2, 0.25) is 5.02 Å². The lowest BCUT2D eigenvalue weighted by molar-refractivity contribution is 0.247. The molecule has 0 bridgehead atoms. The van der Waals surface area contributed by atoms with E-state index in [1.165, 1.54) is 0 Å². The molecule has 0 fully saturated rings. The Morgan fingerprint density at radius 2 is 2.16 bits per heavy atom. The minimum absolute atomic E-state index is 0.310. The van der Waals surface area contributed by atoms with E-state index in [4.69, 9.17) is 22.7 Å². The average molecular weight is 283 g/mol. The third-order valence-corrected chi connectivity index (χ3v) is 2.82. The van der Waals surface area contributed by atoms with Crippen LogP contribution in [0.5, 0.6) is 0 Å². The number of hydrogen-bond acceptors (Lipinski definition) is 2. The van der Waals surface area contributed by atoms with Gasteiger partial charge in [0.25, 0.3) is 0 Å². The number of nitrogens with two attached hydrogens (primary N) is 1. The fourth-order valence-electron chi connectivity index (χ4n) is 1.61. The second-order valence-electron chi connectivity index (χ2n) is 4.71. The van der Waals surface area contributed by atoms with Crippen molar-refractivity contribution in [3.05, 3.63) is 28.8 Å². The molecule has 104 valence electrons. The summed E-state index contributed by atoms with van der Waals surface area (Å²) >= 11 is 6.10. The quantitative estimate of drug-likeness (QED) is 0.588.